The molecule has 2 N–H and O–H groups in total. The van der Waals surface area contributed by atoms with E-state index >= 15 is 0 Å². The van der Waals surface area contributed by atoms with Crippen LogP contribution >= 0.6 is 31.9 Å². The normalized spacial score (nSPS) is 10.9. The largest absolute Gasteiger partial charge is 0.506 e. The van der Waals surface area contributed by atoms with E-state index in [9.17, 15) is 15.2 Å². The van der Waals surface area contributed by atoms with E-state index in [2.05, 4.69) is 42.4 Å². The molecule has 0 amide bonds. The van der Waals surface area contributed by atoms with Crippen molar-refractivity contribution in [2.24, 2.45) is 5.10 Å². The number of halogens is 2. The highest BCUT2D eigenvalue weighted by Crippen LogP contribution is 2.35. The number of nitrogens with one attached hydrogen (secondary N) is 1. The van der Waals surface area contributed by atoms with Gasteiger partial charge in [-0.15, -0.1) is 0 Å². The third kappa shape index (κ3) is 3.36. The molecule has 0 aliphatic heterocycles. The molecule has 0 aliphatic rings. The first kappa shape index (κ1) is 14.5. The van der Waals surface area contributed by atoms with Crippen molar-refractivity contribution in [2.45, 2.75) is 0 Å². The molecular weight excluding hydrogens is 398 g/mol. The first-order chi connectivity index (χ1) is 9.47. The molecule has 9 heteroatoms. The Morgan fingerprint density at radius 2 is 2.00 bits per heavy atom. The maximum Gasteiger partial charge on any atom is 0.433 e. The molecule has 0 saturated carbocycles. The van der Waals surface area contributed by atoms with Crippen LogP contribution < -0.4 is 5.43 Å². The van der Waals surface area contributed by atoms with Gasteiger partial charge in [0.1, 0.15) is 10.7 Å². The third-order valence-corrected chi connectivity index (χ3v) is 3.40. The summed E-state index contributed by atoms with van der Waals surface area (Å²) < 4.78 is 5.90. The van der Waals surface area contributed by atoms with Crippen molar-refractivity contribution < 1.29 is 14.4 Å². The van der Waals surface area contributed by atoms with Gasteiger partial charge < -0.3 is 9.52 Å². The lowest BCUT2D eigenvalue weighted by molar-refractivity contribution is -0.402. The minimum absolute atomic E-state index is 0.0844. The van der Waals surface area contributed by atoms with Gasteiger partial charge in [0.15, 0.2) is 5.76 Å². The first-order valence-electron chi connectivity index (χ1n) is 5.18. The van der Waals surface area contributed by atoms with Gasteiger partial charge >= 0.3 is 5.88 Å². The molecule has 0 unspecified atom stereocenters. The summed E-state index contributed by atoms with van der Waals surface area (Å²) in [5.41, 5.74) is 3.32. The smallest absolute Gasteiger partial charge is 0.433 e. The zero-order valence-electron chi connectivity index (χ0n) is 9.71. The van der Waals surface area contributed by atoms with E-state index in [0.717, 1.165) is 0 Å². The summed E-state index contributed by atoms with van der Waals surface area (Å²) in [5, 5.41) is 23.9. The maximum atomic E-state index is 10.4. The number of aromatic hydroxyl groups is 1. The standard InChI is InChI=1S/C11H7Br2N3O4/c12-8-3-6(4-9(13)11(8)17)15-14-5-7-1-2-10(20-7)16(18)19/h1-5,15,17H/b14-5+. The van der Waals surface area contributed by atoms with Gasteiger partial charge in [-0.2, -0.15) is 5.10 Å². The Labute approximate surface area is 129 Å². The zero-order chi connectivity index (χ0) is 14.7. The van der Waals surface area contributed by atoms with Crippen molar-refractivity contribution in [3.05, 3.63) is 49.1 Å². The van der Waals surface area contributed by atoms with Gasteiger partial charge in [-0.3, -0.25) is 15.5 Å². The van der Waals surface area contributed by atoms with Crippen LogP contribution in [0.15, 0.2) is 42.7 Å². The van der Waals surface area contributed by atoms with Crippen molar-refractivity contribution in [3.63, 3.8) is 0 Å². The second-order valence-electron chi connectivity index (χ2n) is 3.59. The summed E-state index contributed by atoms with van der Waals surface area (Å²) in [7, 11) is 0. The lowest BCUT2D eigenvalue weighted by atomic mass is 10.3. The minimum Gasteiger partial charge on any atom is -0.506 e. The van der Waals surface area contributed by atoms with Crippen LogP contribution in [-0.2, 0) is 0 Å². The number of hydrogen-bond donors (Lipinski definition) is 2. The topological polar surface area (TPSA) is 101 Å². The number of nitrogens with zero attached hydrogens (tertiary/aromatic N) is 2. The van der Waals surface area contributed by atoms with Crippen LogP contribution in [0.25, 0.3) is 0 Å². The van der Waals surface area contributed by atoms with Gasteiger partial charge in [-0.25, -0.2) is 0 Å². The second-order valence-corrected chi connectivity index (χ2v) is 5.30. The molecule has 1 heterocycles. The number of phenols is 1. The average Bonchev–Trinajstić information content (AvgIpc) is 2.85. The summed E-state index contributed by atoms with van der Waals surface area (Å²) in [6, 6.07) is 5.94. The molecule has 0 atom stereocenters. The molecule has 1 aromatic heterocycles. The predicted molar refractivity (Wildman–Crippen MR) is 80.1 cm³/mol. The van der Waals surface area contributed by atoms with E-state index in [0.29, 0.717) is 14.6 Å². The van der Waals surface area contributed by atoms with Gasteiger partial charge in [0.2, 0.25) is 0 Å². The summed E-state index contributed by atoms with van der Waals surface area (Å²) in [6.07, 6.45) is 1.31. The molecule has 0 aliphatic carbocycles. The van der Waals surface area contributed by atoms with Gasteiger partial charge in [0, 0.05) is 0 Å². The number of rotatable bonds is 4. The lowest BCUT2D eigenvalue weighted by Crippen LogP contribution is -1.90. The molecule has 0 saturated heterocycles. The average molecular weight is 405 g/mol. The fourth-order valence-electron chi connectivity index (χ4n) is 1.31. The minimum atomic E-state index is -0.626. The van der Waals surface area contributed by atoms with E-state index in [1.807, 2.05) is 0 Å². The number of benzene rings is 1. The van der Waals surface area contributed by atoms with Gasteiger partial charge in [0.25, 0.3) is 0 Å². The fraction of sp³-hybridized carbons (Fsp3) is 0. The van der Waals surface area contributed by atoms with E-state index in [1.54, 1.807) is 12.1 Å². The molecule has 0 fully saturated rings. The van der Waals surface area contributed by atoms with Crippen molar-refractivity contribution >= 4 is 49.6 Å². The zero-order valence-corrected chi connectivity index (χ0v) is 12.9. The molecule has 2 rings (SSSR count). The van der Waals surface area contributed by atoms with E-state index in [4.69, 9.17) is 4.42 Å². The fourth-order valence-corrected chi connectivity index (χ4v) is 2.50. The molecule has 20 heavy (non-hydrogen) atoms. The quantitative estimate of drug-likeness (QED) is 0.348. The highest BCUT2D eigenvalue weighted by molar-refractivity contribution is 9.11. The molecular formula is C11H7Br2N3O4. The van der Waals surface area contributed by atoms with Crippen LogP contribution in [0.4, 0.5) is 11.6 Å². The monoisotopic (exact) mass is 403 g/mol. The summed E-state index contributed by atoms with van der Waals surface area (Å²) in [4.78, 5) is 9.81. The van der Waals surface area contributed by atoms with Gasteiger partial charge in [0.05, 0.1) is 26.9 Å². The van der Waals surface area contributed by atoms with Gasteiger partial charge in [-0.05, 0) is 50.1 Å². The maximum absolute atomic E-state index is 10.4. The number of anilines is 1. The molecule has 1 aromatic carbocycles. The van der Waals surface area contributed by atoms with Crippen molar-refractivity contribution in [1.29, 1.82) is 0 Å². The SMILES string of the molecule is O=[N+]([O-])c1ccc(/C=N/Nc2cc(Br)c(O)c(Br)c2)o1. The number of hydrogen-bond acceptors (Lipinski definition) is 6. The second kappa shape index (κ2) is 6.06. The van der Waals surface area contributed by atoms with E-state index < -0.39 is 4.92 Å². The van der Waals surface area contributed by atoms with Crippen molar-refractivity contribution in [3.8, 4) is 5.75 Å². The van der Waals surface area contributed by atoms with Crippen LogP contribution in [0, 0.1) is 10.1 Å². The summed E-state index contributed by atoms with van der Waals surface area (Å²) in [5.74, 6) is -0.0103. The number of phenolic OH excluding ortho intramolecular Hbond substituents is 1. The summed E-state index contributed by atoms with van der Waals surface area (Å²) in [6.45, 7) is 0. The third-order valence-electron chi connectivity index (χ3n) is 2.19. The number of furan rings is 1. The Kier molecular flexibility index (Phi) is 4.40. The van der Waals surface area contributed by atoms with Crippen LogP contribution in [0.2, 0.25) is 0 Å². The lowest BCUT2D eigenvalue weighted by Gasteiger charge is -2.04. The van der Waals surface area contributed by atoms with Crippen molar-refractivity contribution in [1.82, 2.24) is 0 Å². The number of hydrazone groups is 1. The van der Waals surface area contributed by atoms with Crippen LogP contribution in [0.3, 0.4) is 0 Å². The van der Waals surface area contributed by atoms with Crippen LogP contribution in [0.1, 0.15) is 5.76 Å². The highest BCUT2D eigenvalue weighted by atomic mass is 79.9. The van der Waals surface area contributed by atoms with Crippen molar-refractivity contribution in [2.75, 3.05) is 5.43 Å². The Hall–Kier alpha value is -1.87. The molecule has 0 spiro atoms. The Morgan fingerprint density at radius 3 is 2.55 bits per heavy atom. The van der Waals surface area contributed by atoms with E-state index in [1.165, 1.54) is 18.3 Å². The Morgan fingerprint density at radius 1 is 1.35 bits per heavy atom. The van der Waals surface area contributed by atoms with E-state index in [-0.39, 0.29) is 17.4 Å². The Balaban J connectivity index is 2.07. The number of nitro groups is 1. The first-order valence-corrected chi connectivity index (χ1v) is 6.77. The summed E-state index contributed by atoms with van der Waals surface area (Å²) >= 11 is 6.38. The van der Waals surface area contributed by atoms with Crippen LogP contribution in [0.5, 0.6) is 5.75 Å². The van der Waals surface area contributed by atoms with Crippen LogP contribution in [-0.4, -0.2) is 16.2 Å². The molecule has 104 valence electrons. The molecule has 0 bridgehead atoms. The molecule has 2 aromatic rings. The molecule has 0 radical (unpaired) electrons. The molecule has 7 nitrogen and oxygen atoms in total. The highest BCUT2D eigenvalue weighted by Gasteiger charge is 2.10. The Bertz CT molecular complexity index is 661. The van der Waals surface area contributed by atoms with Gasteiger partial charge in [-0.1, -0.05) is 0 Å². The predicted octanol–water partition coefficient (Wildman–Crippen LogP) is 3.86.